The highest BCUT2D eigenvalue weighted by atomic mass is 16.2. The molecule has 0 atom stereocenters. The molecule has 140 valence electrons. The second-order valence-electron chi connectivity index (χ2n) is 6.43. The number of likely N-dealkylation sites (tertiary alicyclic amines) is 1. The van der Waals surface area contributed by atoms with Gasteiger partial charge in [-0.2, -0.15) is 0 Å². The summed E-state index contributed by atoms with van der Waals surface area (Å²) in [5, 5.41) is 14.9. The van der Waals surface area contributed by atoms with Gasteiger partial charge in [0.1, 0.15) is 12.4 Å². The van der Waals surface area contributed by atoms with Crippen LogP contribution in [0, 0.1) is 6.92 Å². The monoisotopic (exact) mass is 349 g/mol. The molecule has 1 aliphatic heterocycles. The number of aryl methyl sites for hydroxylation is 1. The van der Waals surface area contributed by atoms with Gasteiger partial charge >= 0.3 is 0 Å². The summed E-state index contributed by atoms with van der Waals surface area (Å²) in [4.78, 5) is 18.2. The Balaban J connectivity index is 1.80. The standard InChI is InChI=1S/C17H31N7O/c1-4-5-9-18-17(20-13-15-22-21-14(2)23(15)3)19-10-7-12-24-11-6-8-16(24)25/h4-13H2,1-3H3,(H2,18,19,20). The summed E-state index contributed by atoms with van der Waals surface area (Å²) < 4.78 is 1.95. The van der Waals surface area contributed by atoms with Crippen molar-refractivity contribution < 1.29 is 4.79 Å². The van der Waals surface area contributed by atoms with Gasteiger partial charge in [-0.15, -0.1) is 10.2 Å². The average molecular weight is 349 g/mol. The SMILES string of the molecule is CCCCNC(=NCc1nnc(C)n1C)NCCCN1CCCC1=O. The summed E-state index contributed by atoms with van der Waals surface area (Å²) in [7, 11) is 1.95. The highest BCUT2D eigenvalue weighted by Gasteiger charge is 2.18. The molecule has 0 aromatic carbocycles. The fourth-order valence-electron chi connectivity index (χ4n) is 2.71. The van der Waals surface area contributed by atoms with Gasteiger partial charge < -0.3 is 20.1 Å². The molecule has 2 heterocycles. The molecule has 1 saturated heterocycles. The second kappa shape index (κ2) is 10.0. The number of amides is 1. The number of guanidine groups is 1. The average Bonchev–Trinajstić information content (AvgIpc) is 3.15. The lowest BCUT2D eigenvalue weighted by molar-refractivity contribution is -0.127. The number of hydrogen-bond donors (Lipinski definition) is 2. The van der Waals surface area contributed by atoms with Gasteiger partial charge in [0.2, 0.25) is 5.91 Å². The lowest BCUT2D eigenvalue weighted by atomic mass is 10.3. The van der Waals surface area contributed by atoms with E-state index in [0.29, 0.717) is 13.0 Å². The fraction of sp³-hybridized carbons (Fsp3) is 0.765. The first-order valence-corrected chi connectivity index (χ1v) is 9.26. The Kier molecular flexibility index (Phi) is 7.69. The molecule has 0 bridgehead atoms. The fourth-order valence-corrected chi connectivity index (χ4v) is 2.71. The molecule has 8 nitrogen and oxygen atoms in total. The zero-order valence-corrected chi connectivity index (χ0v) is 15.7. The normalized spacial score (nSPS) is 15.1. The first-order valence-electron chi connectivity index (χ1n) is 9.26. The maximum Gasteiger partial charge on any atom is 0.222 e. The smallest absolute Gasteiger partial charge is 0.222 e. The van der Waals surface area contributed by atoms with Crippen molar-refractivity contribution in [2.75, 3.05) is 26.2 Å². The lowest BCUT2D eigenvalue weighted by Gasteiger charge is -2.16. The van der Waals surface area contributed by atoms with E-state index in [2.05, 4.69) is 32.7 Å². The highest BCUT2D eigenvalue weighted by Crippen LogP contribution is 2.09. The molecule has 0 spiro atoms. The van der Waals surface area contributed by atoms with Crippen molar-refractivity contribution in [3.8, 4) is 0 Å². The molecule has 1 fully saturated rings. The van der Waals surface area contributed by atoms with Gasteiger partial charge in [0.15, 0.2) is 11.8 Å². The Labute approximate surface area is 150 Å². The Morgan fingerprint density at radius 1 is 1.24 bits per heavy atom. The minimum atomic E-state index is 0.285. The number of carbonyl (C=O) groups excluding carboxylic acids is 1. The summed E-state index contributed by atoms with van der Waals surface area (Å²) in [5.74, 6) is 2.81. The topological polar surface area (TPSA) is 87.4 Å². The maximum atomic E-state index is 11.6. The van der Waals surface area contributed by atoms with Crippen molar-refractivity contribution >= 4 is 11.9 Å². The Morgan fingerprint density at radius 2 is 2.00 bits per heavy atom. The van der Waals surface area contributed by atoms with Gasteiger partial charge in [0.05, 0.1) is 0 Å². The predicted octanol–water partition coefficient (Wildman–Crippen LogP) is 0.971. The van der Waals surface area contributed by atoms with E-state index in [1.54, 1.807) is 0 Å². The number of unbranched alkanes of at least 4 members (excludes halogenated alkanes) is 1. The summed E-state index contributed by atoms with van der Waals surface area (Å²) in [6.07, 6.45) is 4.86. The molecule has 0 aliphatic carbocycles. The van der Waals surface area contributed by atoms with E-state index in [-0.39, 0.29) is 5.91 Å². The minimum Gasteiger partial charge on any atom is -0.356 e. The van der Waals surface area contributed by atoms with Crippen molar-refractivity contribution in [2.24, 2.45) is 12.0 Å². The third-order valence-corrected chi connectivity index (χ3v) is 4.45. The van der Waals surface area contributed by atoms with E-state index in [4.69, 9.17) is 0 Å². The summed E-state index contributed by atoms with van der Waals surface area (Å²) in [5.41, 5.74) is 0. The lowest BCUT2D eigenvalue weighted by Crippen LogP contribution is -2.39. The third kappa shape index (κ3) is 6.03. The molecule has 0 saturated carbocycles. The van der Waals surface area contributed by atoms with Gasteiger partial charge in [-0.05, 0) is 26.2 Å². The molecule has 2 N–H and O–H groups in total. The van der Waals surface area contributed by atoms with Crippen LogP contribution in [0.2, 0.25) is 0 Å². The van der Waals surface area contributed by atoms with Gasteiger partial charge in [0.25, 0.3) is 0 Å². The van der Waals surface area contributed by atoms with Crippen LogP contribution < -0.4 is 10.6 Å². The molecule has 8 heteroatoms. The van der Waals surface area contributed by atoms with Gasteiger partial charge in [-0.25, -0.2) is 4.99 Å². The number of nitrogens with one attached hydrogen (secondary N) is 2. The Hall–Kier alpha value is -2.12. The van der Waals surface area contributed by atoms with Gasteiger partial charge in [0, 0.05) is 39.6 Å². The molecular weight excluding hydrogens is 318 g/mol. The zero-order valence-electron chi connectivity index (χ0n) is 15.7. The number of rotatable bonds is 9. The summed E-state index contributed by atoms with van der Waals surface area (Å²) in [6.45, 7) is 7.99. The van der Waals surface area contributed by atoms with Gasteiger partial charge in [-0.3, -0.25) is 4.79 Å². The van der Waals surface area contributed by atoms with E-state index in [0.717, 1.165) is 69.5 Å². The van der Waals surface area contributed by atoms with Crippen molar-refractivity contribution in [1.29, 1.82) is 0 Å². The molecule has 0 radical (unpaired) electrons. The highest BCUT2D eigenvalue weighted by molar-refractivity contribution is 5.79. The van der Waals surface area contributed by atoms with Crippen molar-refractivity contribution in [3.63, 3.8) is 0 Å². The van der Waals surface area contributed by atoms with E-state index >= 15 is 0 Å². The van der Waals surface area contributed by atoms with Crippen molar-refractivity contribution in [2.45, 2.75) is 52.5 Å². The number of aliphatic imine (C=N–C) groups is 1. The number of aromatic nitrogens is 3. The molecule has 1 aromatic heterocycles. The van der Waals surface area contributed by atoms with E-state index in [1.165, 1.54) is 0 Å². The van der Waals surface area contributed by atoms with Crippen LogP contribution in [-0.4, -0.2) is 57.7 Å². The zero-order chi connectivity index (χ0) is 18.1. The number of hydrogen-bond acceptors (Lipinski definition) is 4. The van der Waals surface area contributed by atoms with Gasteiger partial charge in [-0.1, -0.05) is 13.3 Å². The van der Waals surface area contributed by atoms with Crippen LogP contribution in [0.3, 0.4) is 0 Å². The van der Waals surface area contributed by atoms with Crippen LogP contribution in [0.5, 0.6) is 0 Å². The molecule has 0 unspecified atom stereocenters. The molecule has 25 heavy (non-hydrogen) atoms. The van der Waals surface area contributed by atoms with Crippen molar-refractivity contribution in [1.82, 2.24) is 30.3 Å². The van der Waals surface area contributed by atoms with Crippen LogP contribution >= 0.6 is 0 Å². The van der Waals surface area contributed by atoms with Crippen LogP contribution in [0.1, 0.15) is 50.7 Å². The Morgan fingerprint density at radius 3 is 2.60 bits per heavy atom. The van der Waals surface area contributed by atoms with Crippen LogP contribution in [0.4, 0.5) is 0 Å². The first kappa shape index (κ1) is 19.2. The quantitative estimate of drug-likeness (QED) is 0.394. The molecule has 1 amide bonds. The van der Waals surface area contributed by atoms with Crippen molar-refractivity contribution in [3.05, 3.63) is 11.6 Å². The molecule has 1 aliphatic rings. The maximum absolute atomic E-state index is 11.6. The summed E-state index contributed by atoms with van der Waals surface area (Å²) >= 11 is 0. The predicted molar refractivity (Wildman–Crippen MR) is 98.2 cm³/mol. The minimum absolute atomic E-state index is 0.285. The molecular formula is C17H31N7O. The van der Waals surface area contributed by atoms with E-state index < -0.39 is 0 Å². The van der Waals surface area contributed by atoms with Crippen LogP contribution in [0.15, 0.2) is 4.99 Å². The molecule has 2 rings (SSSR count). The number of carbonyl (C=O) groups is 1. The molecule has 1 aromatic rings. The van der Waals surface area contributed by atoms with Crippen LogP contribution in [-0.2, 0) is 18.4 Å². The van der Waals surface area contributed by atoms with E-state index in [9.17, 15) is 4.79 Å². The first-order chi connectivity index (χ1) is 12.1. The largest absolute Gasteiger partial charge is 0.356 e. The number of nitrogens with zero attached hydrogens (tertiary/aromatic N) is 5. The summed E-state index contributed by atoms with van der Waals surface area (Å²) in [6, 6.07) is 0. The second-order valence-corrected chi connectivity index (χ2v) is 6.43. The Bertz CT molecular complexity index is 582. The third-order valence-electron chi connectivity index (χ3n) is 4.45. The van der Waals surface area contributed by atoms with E-state index in [1.807, 2.05) is 23.4 Å². The van der Waals surface area contributed by atoms with Crippen LogP contribution in [0.25, 0.3) is 0 Å².